The topological polar surface area (TPSA) is 21.3 Å². The SMILES string of the molecule is C=C(C)CNCC1CCC(C)(C)O1. The molecule has 1 aliphatic rings. The van der Waals surface area contributed by atoms with Crippen molar-refractivity contribution in [2.45, 2.75) is 45.3 Å². The monoisotopic (exact) mass is 183 g/mol. The normalized spacial score (nSPS) is 26.2. The van der Waals surface area contributed by atoms with Gasteiger partial charge >= 0.3 is 0 Å². The Morgan fingerprint density at radius 2 is 2.31 bits per heavy atom. The van der Waals surface area contributed by atoms with Gasteiger partial charge in [0.25, 0.3) is 0 Å². The van der Waals surface area contributed by atoms with E-state index in [0.717, 1.165) is 13.1 Å². The van der Waals surface area contributed by atoms with Crippen LogP contribution in [-0.4, -0.2) is 24.8 Å². The van der Waals surface area contributed by atoms with Crippen molar-refractivity contribution in [3.63, 3.8) is 0 Å². The van der Waals surface area contributed by atoms with Gasteiger partial charge in [-0.2, -0.15) is 0 Å². The van der Waals surface area contributed by atoms with Crippen molar-refractivity contribution in [1.82, 2.24) is 5.32 Å². The second-order valence-corrected chi connectivity index (χ2v) is 4.63. The highest BCUT2D eigenvalue weighted by atomic mass is 16.5. The first-order valence-corrected chi connectivity index (χ1v) is 5.02. The second-order valence-electron chi connectivity index (χ2n) is 4.63. The first kappa shape index (κ1) is 10.7. The third-order valence-corrected chi connectivity index (χ3v) is 2.35. The Balaban J connectivity index is 2.14. The maximum atomic E-state index is 5.84. The van der Waals surface area contributed by atoms with Gasteiger partial charge in [-0.3, -0.25) is 0 Å². The Kier molecular flexibility index (Phi) is 3.51. The number of nitrogens with one attached hydrogen (secondary N) is 1. The predicted molar refractivity (Wildman–Crippen MR) is 55.9 cm³/mol. The van der Waals surface area contributed by atoms with E-state index in [9.17, 15) is 0 Å². The first-order valence-electron chi connectivity index (χ1n) is 5.02. The van der Waals surface area contributed by atoms with Gasteiger partial charge in [-0.25, -0.2) is 0 Å². The lowest BCUT2D eigenvalue weighted by Gasteiger charge is -2.19. The Morgan fingerprint density at radius 1 is 1.62 bits per heavy atom. The molecule has 1 saturated heterocycles. The van der Waals surface area contributed by atoms with Crippen molar-refractivity contribution >= 4 is 0 Å². The smallest absolute Gasteiger partial charge is 0.0707 e. The fourth-order valence-corrected chi connectivity index (χ4v) is 1.67. The molecule has 0 saturated carbocycles. The van der Waals surface area contributed by atoms with Crippen molar-refractivity contribution in [3.8, 4) is 0 Å². The Hall–Kier alpha value is -0.340. The molecule has 0 spiro atoms. The molecule has 0 radical (unpaired) electrons. The van der Waals surface area contributed by atoms with E-state index in [1.54, 1.807) is 0 Å². The summed E-state index contributed by atoms with van der Waals surface area (Å²) >= 11 is 0. The van der Waals surface area contributed by atoms with Crippen LogP contribution in [0.15, 0.2) is 12.2 Å². The largest absolute Gasteiger partial charge is 0.371 e. The summed E-state index contributed by atoms with van der Waals surface area (Å²) in [7, 11) is 0. The maximum absolute atomic E-state index is 5.84. The van der Waals surface area contributed by atoms with E-state index >= 15 is 0 Å². The molecule has 0 aromatic heterocycles. The van der Waals surface area contributed by atoms with E-state index in [1.807, 2.05) is 6.92 Å². The van der Waals surface area contributed by atoms with Crippen LogP contribution in [-0.2, 0) is 4.74 Å². The molecule has 0 amide bonds. The minimum Gasteiger partial charge on any atom is -0.371 e. The van der Waals surface area contributed by atoms with Gasteiger partial charge in [-0.1, -0.05) is 12.2 Å². The lowest BCUT2D eigenvalue weighted by molar-refractivity contribution is -0.0138. The van der Waals surface area contributed by atoms with Crippen LogP contribution in [0.25, 0.3) is 0 Å². The van der Waals surface area contributed by atoms with Crippen molar-refractivity contribution in [2.75, 3.05) is 13.1 Å². The van der Waals surface area contributed by atoms with Crippen molar-refractivity contribution in [3.05, 3.63) is 12.2 Å². The van der Waals surface area contributed by atoms with E-state index in [-0.39, 0.29) is 5.60 Å². The van der Waals surface area contributed by atoms with Crippen LogP contribution in [0.4, 0.5) is 0 Å². The molecular weight excluding hydrogens is 162 g/mol. The highest BCUT2D eigenvalue weighted by Crippen LogP contribution is 2.28. The summed E-state index contributed by atoms with van der Waals surface area (Å²) in [5.41, 5.74) is 1.27. The standard InChI is InChI=1S/C11H21NO/c1-9(2)7-12-8-10-5-6-11(3,4)13-10/h10,12H,1,5-8H2,2-4H3. The molecule has 1 unspecified atom stereocenters. The fourth-order valence-electron chi connectivity index (χ4n) is 1.67. The summed E-state index contributed by atoms with van der Waals surface area (Å²) in [6, 6.07) is 0. The molecule has 1 fully saturated rings. The molecule has 2 heteroatoms. The summed E-state index contributed by atoms with van der Waals surface area (Å²) in [6.07, 6.45) is 2.75. The Morgan fingerprint density at radius 3 is 2.77 bits per heavy atom. The minimum atomic E-state index is 0.0928. The Labute approximate surface area is 81.4 Å². The summed E-state index contributed by atoms with van der Waals surface area (Å²) in [6.45, 7) is 12.1. The molecule has 76 valence electrons. The minimum absolute atomic E-state index is 0.0928. The zero-order chi connectivity index (χ0) is 9.90. The fraction of sp³-hybridized carbons (Fsp3) is 0.818. The number of hydrogen-bond acceptors (Lipinski definition) is 2. The van der Waals surface area contributed by atoms with Gasteiger partial charge in [0.1, 0.15) is 0 Å². The molecule has 0 aromatic rings. The maximum Gasteiger partial charge on any atom is 0.0707 e. The molecule has 1 rings (SSSR count). The van der Waals surface area contributed by atoms with Crippen LogP contribution < -0.4 is 5.32 Å². The summed E-state index contributed by atoms with van der Waals surface area (Å²) < 4.78 is 5.84. The molecule has 0 aliphatic carbocycles. The Bertz CT molecular complexity index is 187. The molecule has 1 heterocycles. The van der Waals surface area contributed by atoms with Crippen LogP contribution in [0.5, 0.6) is 0 Å². The van der Waals surface area contributed by atoms with Crippen LogP contribution in [0.1, 0.15) is 33.6 Å². The van der Waals surface area contributed by atoms with Crippen LogP contribution >= 0.6 is 0 Å². The molecule has 1 N–H and O–H groups in total. The van der Waals surface area contributed by atoms with E-state index in [4.69, 9.17) is 4.74 Å². The average Bonchev–Trinajstić information content (AvgIpc) is 2.29. The molecule has 13 heavy (non-hydrogen) atoms. The van der Waals surface area contributed by atoms with Crippen molar-refractivity contribution < 1.29 is 4.74 Å². The average molecular weight is 183 g/mol. The van der Waals surface area contributed by atoms with E-state index in [1.165, 1.54) is 18.4 Å². The van der Waals surface area contributed by atoms with Gasteiger partial charge in [0, 0.05) is 13.1 Å². The van der Waals surface area contributed by atoms with E-state index < -0.39 is 0 Å². The number of ether oxygens (including phenoxy) is 1. The quantitative estimate of drug-likeness (QED) is 0.674. The number of hydrogen-bond donors (Lipinski definition) is 1. The molecule has 0 bridgehead atoms. The van der Waals surface area contributed by atoms with Gasteiger partial charge in [-0.05, 0) is 33.6 Å². The van der Waals surface area contributed by atoms with Crippen LogP contribution in [0.3, 0.4) is 0 Å². The van der Waals surface area contributed by atoms with E-state index in [0.29, 0.717) is 6.10 Å². The third kappa shape index (κ3) is 3.92. The van der Waals surface area contributed by atoms with Crippen LogP contribution in [0.2, 0.25) is 0 Å². The van der Waals surface area contributed by atoms with Crippen molar-refractivity contribution in [1.29, 1.82) is 0 Å². The predicted octanol–water partition coefficient (Wildman–Crippen LogP) is 2.11. The van der Waals surface area contributed by atoms with Gasteiger partial charge < -0.3 is 10.1 Å². The summed E-state index contributed by atoms with van der Waals surface area (Å²) in [5, 5.41) is 3.34. The van der Waals surface area contributed by atoms with E-state index in [2.05, 4.69) is 25.7 Å². The highest BCUT2D eigenvalue weighted by molar-refractivity contribution is 4.91. The van der Waals surface area contributed by atoms with Gasteiger partial charge in [0.2, 0.25) is 0 Å². The van der Waals surface area contributed by atoms with Gasteiger partial charge in [-0.15, -0.1) is 0 Å². The first-order chi connectivity index (χ1) is 5.99. The third-order valence-electron chi connectivity index (χ3n) is 2.35. The zero-order valence-electron chi connectivity index (χ0n) is 9.02. The molecule has 1 aliphatic heterocycles. The number of rotatable bonds is 4. The van der Waals surface area contributed by atoms with Crippen molar-refractivity contribution in [2.24, 2.45) is 0 Å². The molecule has 0 aromatic carbocycles. The van der Waals surface area contributed by atoms with Gasteiger partial charge in [0.05, 0.1) is 11.7 Å². The second kappa shape index (κ2) is 4.25. The highest BCUT2D eigenvalue weighted by Gasteiger charge is 2.30. The molecular formula is C11H21NO. The molecule has 2 nitrogen and oxygen atoms in total. The summed E-state index contributed by atoms with van der Waals surface area (Å²) in [5.74, 6) is 0. The zero-order valence-corrected chi connectivity index (χ0v) is 9.02. The van der Waals surface area contributed by atoms with Crippen LogP contribution in [0, 0.1) is 0 Å². The lowest BCUT2D eigenvalue weighted by atomic mass is 10.1. The molecule has 1 atom stereocenters. The van der Waals surface area contributed by atoms with Gasteiger partial charge in [0.15, 0.2) is 0 Å². The lowest BCUT2D eigenvalue weighted by Crippen LogP contribution is -2.30. The summed E-state index contributed by atoms with van der Waals surface area (Å²) in [4.78, 5) is 0.